The van der Waals surface area contributed by atoms with E-state index in [1.54, 1.807) is 17.7 Å². The van der Waals surface area contributed by atoms with E-state index in [-0.39, 0.29) is 0 Å². The molecule has 1 saturated heterocycles. The van der Waals surface area contributed by atoms with E-state index >= 15 is 0 Å². The fourth-order valence-electron chi connectivity index (χ4n) is 3.53. The van der Waals surface area contributed by atoms with Crippen molar-refractivity contribution in [3.8, 4) is 0 Å². The second-order valence-electron chi connectivity index (χ2n) is 5.77. The quantitative estimate of drug-likeness (QED) is 0.934. The van der Waals surface area contributed by atoms with Crippen LogP contribution in [0.2, 0.25) is 0 Å². The predicted octanol–water partition coefficient (Wildman–Crippen LogP) is 1.82. The summed E-state index contributed by atoms with van der Waals surface area (Å²) in [7, 11) is 4.25. The van der Waals surface area contributed by atoms with E-state index in [0.29, 0.717) is 24.1 Å². The summed E-state index contributed by atoms with van der Waals surface area (Å²) in [5, 5.41) is 5.71. The van der Waals surface area contributed by atoms with E-state index in [0.717, 1.165) is 29.1 Å². The molecule has 4 atom stereocenters. The van der Waals surface area contributed by atoms with Crippen LogP contribution in [0.3, 0.4) is 0 Å². The zero-order valence-electron chi connectivity index (χ0n) is 11.6. The lowest BCUT2D eigenvalue weighted by atomic mass is 9.71. The highest BCUT2D eigenvalue weighted by molar-refractivity contribution is 7.17. The maximum atomic E-state index is 5.85. The molecule has 2 aliphatic rings. The molecule has 5 nitrogen and oxygen atoms in total. The summed E-state index contributed by atoms with van der Waals surface area (Å²) in [4.78, 5) is 11.0. The van der Waals surface area contributed by atoms with Gasteiger partial charge in [-0.15, -0.1) is 11.3 Å². The fourth-order valence-corrected chi connectivity index (χ4v) is 4.33. The number of nitrogens with one attached hydrogen (secondary N) is 1. The number of nitrogens with zero attached hydrogens (tertiary/aromatic N) is 3. The highest BCUT2D eigenvalue weighted by Crippen LogP contribution is 2.43. The summed E-state index contributed by atoms with van der Waals surface area (Å²) in [6.07, 6.45) is 3.16. The maximum absolute atomic E-state index is 5.85. The fraction of sp³-hybridized carbons (Fsp3) is 0.571. The first kappa shape index (κ1) is 12.5. The van der Waals surface area contributed by atoms with Crippen molar-refractivity contribution >= 4 is 27.4 Å². The molecule has 2 fully saturated rings. The van der Waals surface area contributed by atoms with Gasteiger partial charge in [-0.05, 0) is 32.0 Å². The monoisotopic (exact) mass is 290 g/mol. The van der Waals surface area contributed by atoms with Gasteiger partial charge in [0.05, 0.1) is 28.4 Å². The van der Waals surface area contributed by atoms with Crippen molar-refractivity contribution in [3.05, 3.63) is 17.8 Å². The molecule has 1 N–H and O–H groups in total. The summed E-state index contributed by atoms with van der Waals surface area (Å²) in [6.45, 7) is 0.885. The SMILES string of the molecule is CN(C)[C@@H]1[C@@H](Nc2ncnc3ccsc23)[C@H]2CCO[C@H]21. The van der Waals surface area contributed by atoms with Gasteiger partial charge < -0.3 is 15.0 Å². The van der Waals surface area contributed by atoms with Crippen LogP contribution in [-0.2, 0) is 4.74 Å². The van der Waals surface area contributed by atoms with E-state index in [1.807, 2.05) is 6.07 Å². The maximum Gasteiger partial charge on any atom is 0.147 e. The van der Waals surface area contributed by atoms with Gasteiger partial charge in [-0.2, -0.15) is 0 Å². The Balaban J connectivity index is 1.63. The Labute approximate surface area is 122 Å². The third-order valence-corrected chi connectivity index (χ3v) is 5.40. The lowest BCUT2D eigenvalue weighted by Crippen LogP contribution is -2.66. The summed E-state index contributed by atoms with van der Waals surface area (Å²) < 4.78 is 7.00. The van der Waals surface area contributed by atoms with Crippen LogP contribution in [0.25, 0.3) is 10.2 Å². The molecular weight excluding hydrogens is 272 g/mol. The standard InChI is InChI=1S/C14H18N4OS/c1-18(2)11-10(8-3-5-19-12(8)11)17-14-13-9(4-6-20-13)15-7-16-14/h4,6-8,10-12H,3,5H2,1-2H3,(H,15,16,17)/t8-,10+,11-,12-/m1/s1. The van der Waals surface area contributed by atoms with Crippen LogP contribution in [-0.4, -0.2) is 53.8 Å². The molecule has 1 aliphatic carbocycles. The largest absolute Gasteiger partial charge is 0.376 e. The van der Waals surface area contributed by atoms with Crippen LogP contribution in [0.15, 0.2) is 17.8 Å². The molecule has 3 heterocycles. The van der Waals surface area contributed by atoms with Crippen molar-refractivity contribution in [2.45, 2.75) is 24.6 Å². The van der Waals surface area contributed by atoms with Gasteiger partial charge in [-0.1, -0.05) is 0 Å². The van der Waals surface area contributed by atoms with Crippen molar-refractivity contribution in [1.82, 2.24) is 14.9 Å². The average molecular weight is 290 g/mol. The number of thiophene rings is 1. The predicted molar refractivity (Wildman–Crippen MR) is 80.1 cm³/mol. The van der Waals surface area contributed by atoms with Crippen LogP contribution in [0.5, 0.6) is 0 Å². The molecule has 2 aromatic rings. The van der Waals surface area contributed by atoms with Gasteiger partial charge >= 0.3 is 0 Å². The summed E-state index contributed by atoms with van der Waals surface area (Å²) in [5.74, 6) is 1.57. The highest BCUT2D eigenvalue weighted by Gasteiger charge is 2.55. The number of fused-ring (bicyclic) bond motifs is 2. The Kier molecular flexibility index (Phi) is 2.90. The molecular formula is C14H18N4OS. The normalized spacial score (nSPS) is 32.4. The molecule has 0 radical (unpaired) electrons. The van der Waals surface area contributed by atoms with Gasteiger partial charge in [0.25, 0.3) is 0 Å². The topological polar surface area (TPSA) is 50.3 Å². The van der Waals surface area contributed by atoms with Gasteiger partial charge in [0.1, 0.15) is 12.1 Å². The van der Waals surface area contributed by atoms with Crippen LogP contribution in [0, 0.1) is 5.92 Å². The Morgan fingerprint density at radius 1 is 1.40 bits per heavy atom. The minimum atomic E-state index is 0.378. The van der Waals surface area contributed by atoms with Crippen molar-refractivity contribution in [2.24, 2.45) is 5.92 Å². The van der Waals surface area contributed by atoms with Gasteiger partial charge in [0.15, 0.2) is 0 Å². The van der Waals surface area contributed by atoms with E-state index in [9.17, 15) is 0 Å². The number of aromatic nitrogens is 2. The van der Waals surface area contributed by atoms with Gasteiger partial charge in [-0.25, -0.2) is 9.97 Å². The molecule has 2 aromatic heterocycles. The smallest absolute Gasteiger partial charge is 0.147 e. The number of rotatable bonds is 3. The Hall–Kier alpha value is -1.24. The molecule has 20 heavy (non-hydrogen) atoms. The van der Waals surface area contributed by atoms with Crippen molar-refractivity contribution in [3.63, 3.8) is 0 Å². The lowest BCUT2D eigenvalue weighted by Gasteiger charge is -2.51. The van der Waals surface area contributed by atoms with Gasteiger partial charge in [0.2, 0.25) is 0 Å². The summed E-state index contributed by atoms with van der Waals surface area (Å²) >= 11 is 1.69. The molecule has 6 heteroatoms. The number of hydrogen-bond donors (Lipinski definition) is 1. The first-order chi connectivity index (χ1) is 9.75. The third kappa shape index (κ3) is 1.75. The van der Waals surface area contributed by atoms with Crippen molar-refractivity contribution in [1.29, 1.82) is 0 Å². The zero-order valence-corrected chi connectivity index (χ0v) is 12.4. The Bertz CT molecular complexity index is 628. The number of anilines is 1. The molecule has 106 valence electrons. The zero-order chi connectivity index (χ0) is 13.7. The van der Waals surface area contributed by atoms with Crippen LogP contribution < -0.4 is 5.32 Å². The van der Waals surface area contributed by atoms with E-state index in [2.05, 4.69) is 39.7 Å². The molecule has 0 bridgehead atoms. The molecule has 1 saturated carbocycles. The number of ether oxygens (including phenoxy) is 1. The second-order valence-corrected chi connectivity index (χ2v) is 6.69. The second kappa shape index (κ2) is 4.65. The molecule has 0 unspecified atom stereocenters. The summed E-state index contributed by atoms with van der Waals surface area (Å²) in [5.41, 5.74) is 1.02. The third-order valence-electron chi connectivity index (χ3n) is 4.49. The Morgan fingerprint density at radius 3 is 3.15 bits per heavy atom. The number of likely N-dealkylation sites (N-methyl/N-ethyl adjacent to an activating group) is 1. The van der Waals surface area contributed by atoms with Gasteiger partial charge in [-0.3, -0.25) is 0 Å². The first-order valence-electron chi connectivity index (χ1n) is 6.98. The van der Waals surface area contributed by atoms with E-state index < -0.39 is 0 Å². The van der Waals surface area contributed by atoms with Crippen LogP contribution >= 0.6 is 11.3 Å². The van der Waals surface area contributed by atoms with Crippen LogP contribution in [0.4, 0.5) is 5.82 Å². The molecule has 4 rings (SSSR count). The molecule has 0 spiro atoms. The van der Waals surface area contributed by atoms with Crippen molar-refractivity contribution in [2.75, 3.05) is 26.0 Å². The van der Waals surface area contributed by atoms with Gasteiger partial charge in [0, 0.05) is 12.5 Å². The number of hydrogen-bond acceptors (Lipinski definition) is 6. The molecule has 0 amide bonds. The molecule has 1 aliphatic heterocycles. The average Bonchev–Trinajstić information content (AvgIpc) is 3.02. The van der Waals surface area contributed by atoms with Crippen molar-refractivity contribution < 1.29 is 4.74 Å². The lowest BCUT2D eigenvalue weighted by molar-refractivity contribution is -0.0516. The first-order valence-corrected chi connectivity index (χ1v) is 7.86. The minimum Gasteiger partial charge on any atom is -0.376 e. The van der Waals surface area contributed by atoms with Crippen LogP contribution in [0.1, 0.15) is 6.42 Å². The minimum absolute atomic E-state index is 0.378. The van der Waals surface area contributed by atoms with E-state index in [4.69, 9.17) is 4.74 Å². The van der Waals surface area contributed by atoms with E-state index in [1.165, 1.54) is 0 Å². The summed E-state index contributed by atoms with van der Waals surface area (Å²) in [6, 6.07) is 2.88. The Morgan fingerprint density at radius 2 is 2.30 bits per heavy atom. The molecule has 0 aromatic carbocycles. The highest BCUT2D eigenvalue weighted by atomic mass is 32.1.